The van der Waals surface area contributed by atoms with Gasteiger partial charge in [-0.3, -0.25) is 4.79 Å². The lowest BCUT2D eigenvalue weighted by atomic mass is 9.97. The van der Waals surface area contributed by atoms with Gasteiger partial charge >= 0.3 is 0 Å². The van der Waals surface area contributed by atoms with Gasteiger partial charge < -0.3 is 19.6 Å². The van der Waals surface area contributed by atoms with Gasteiger partial charge in [0, 0.05) is 12.1 Å². The highest BCUT2D eigenvalue weighted by Crippen LogP contribution is 2.28. The second-order valence-corrected chi connectivity index (χ2v) is 7.40. The van der Waals surface area contributed by atoms with Crippen molar-refractivity contribution in [1.82, 2.24) is 5.32 Å². The smallest absolute Gasteiger partial charge is 0.260 e. The molecule has 31 heavy (non-hydrogen) atoms. The zero-order chi connectivity index (χ0) is 21.7. The van der Waals surface area contributed by atoms with Gasteiger partial charge in [-0.1, -0.05) is 47.1 Å². The summed E-state index contributed by atoms with van der Waals surface area (Å²) in [7, 11) is 1.60. The molecule has 0 radical (unpaired) electrons. The quantitative estimate of drug-likeness (QED) is 0.326. The fourth-order valence-corrected chi connectivity index (χ4v) is 3.36. The Bertz CT molecular complexity index is 894. The number of carbonyl (C=O) groups excluding carboxylic acids is 1. The molecule has 6 nitrogen and oxygen atoms in total. The first-order valence-electron chi connectivity index (χ1n) is 10.7. The standard InChI is InChI=1S/C25H30N2O4/c1-29-23-13-12-22(16-24(23)30-18-21-10-6-3-7-11-21)17-27-31-19-25(28)26-15-14-20-8-4-2-5-9-20/h3,6-8,10-13,16-17H,2,4-5,9,14-15,18-19H2,1H3,(H,26,28)/b27-17-. The summed E-state index contributed by atoms with van der Waals surface area (Å²) < 4.78 is 11.3. The van der Waals surface area contributed by atoms with Crippen LogP contribution in [0.3, 0.4) is 0 Å². The fraction of sp³-hybridized carbons (Fsp3) is 0.360. The molecule has 2 aromatic carbocycles. The van der Waals surface area contributed by atoms with E-state index in [0.717, 1.165) is 30.4 Å². The van der Waals surface area contributed by atoms with Crippen molar-refractivity contribution in [3.8, 4) is 11.5 Å². The SMILES string of the molecule is COc1ccc(/C=N\OCC(=O)NCCC2=CCCCC2)cc1OCc1ccccc1. The van der Waals surface area contributed by atoms with Gasteiger partial charge in [-0.2, -0.15) is 0 Å². The zero-order valence-electron chi connectivity index (χ0n) is 18.0. The van der Waals surface area contributed by atoms with Crippen LogP contribution in [0, 0.1) is 0 Å². The van der Waals surface area contributed by atoms with E-state index < -0.39 is 0 Å². The number of methoxy groups -OCH3 is 1. The molecule has 1 N–H and O–H groups in total. The molecule has 1 amide bonds. The third kappa shape index (κ3) is 7.81. The maximum atomic E-state index is 11.9. The molecule has 1 aliphatic rings. The van der Waals surface area contributed by atoms with Gasteiger partial charge in [0.05, 0.1) is 13.3 Å². The number of benzene rings is 2. The van der Waals surface area contributed by atoms with Crippen LogP contribution >= 0.6 is 0 Å². The summed E-state index contributed by atoms with van der Waals surface area (Å²) in [6, 6.07) is 15.4. The van der Waals surface area contributed by atoms with E-state index in [4.69, 9.17) is 14.3 Å². The van der Waals surface area contributed by atoms with Crippen LogP contribution in [-0.4, -0.2) is 32.4 Å². The third-order valence-electron chi connectivity index (χ3n) is 5.05. The Balaban J connectivity index is 1.43. The molecule has 0 atom stereocenters. The van der Waals surface area contributed by atoms with Crippen LogP contribution in [0.1, 0.15) is 43.2 Å². The molecule has 0 bridgehead atoms. The molecule has 0 saturated carbocycles. The second-order valence-electron chi connectivity index (χ2n) is 7.40. The molecule has 0 heterocycles. The molecule has 0 fully saturated rings. The average Bonchev–Trinajstić information content (AvgIpc) is 2.82. The molecular weight excluding hydrogens is 392 g/mol. The fourth-order valence-electron chi connectivity index (χ4n) is 3.36. The van der Waals surface area contributed by atoms with E-state index in [2.05, 4.69) is 16.5 Å². The van der Waals surface area contributed by atoms with Gasteiger partial charge in [0.25, 0.3) is 5.91 Å². The molecular formula is C25H30N2O4. The van der Waals surface area contributed by atoms with Crippen LogP contribution < -0.4 is 14.8 Å². The number of ether oxygens (including phenoxy) is 2. The lowest BCUT2D eigenvalue weighted by Gasteiger charge is -2.12. The summed E-state index contributed by atoms with van der Waals surface area (Å²) >= 11 is 0. The Kier molecular flexibility index (Phi) is 8.98. The third-order valence-corrected chi connectivity index (χ3v) is 5.05. The van der Waals surface area contributed by atoms with E-state index in [9.17, 15) is 4.79 Å². The zero-order valence-corrected chi connectivity index (χ0v) is 18.0. The van der Waals surface area contributed by atoms with E-state index in [-0.39, 0.29) is 12.5 Å². The van der Waals surface area contributed by atoms with Gasteiger partial charge in [0.2, 0.25) is 0 Å². The topological polar surface area (TPSA) is 69.2 Å². The van der Waals surface area contributed by atoms with Crippen LogP contribution in [0.15, 0.2) is 65.3 Å². The van der Waals surface area contributed by atoms with E-state index in [1.54, 1.807) is 13.3 Å². The summed E-state index contributed by atoms with van der Waals surface area (Å²) in [4.78, 5) is 17.0. The van der Waals surface area contributed by atoms with E-state index >= 15 is 0 Å². The molecule has 164 valence electrons. The molecule has 0 saturated heterocycles. The maximum absolute atomic E-state index is 11.9. The highest BCUT2D eigenvalue weighted by molar-refractivity contribution is 5.81. The molecule has 3 rings (SSSR count). The number of nitrogens with one attached hydrogen (secondary N) is 1. The van der Waals surface area contributed by atoms with Gasteiger partial charge in [0.1, 0.15) is 6.61 Å². The van der Waals surface area contributed by atoms with E-state index in [0.29, 0.717) is 24.7 Å². The maximum Gasteiger partial charge on any atom is 0.260 e. The van der Waals surface area contributed by atoms with Crippen molar-refractivity contribution in [1.29, 1.82) is 0 Å². The van der Waals surface area contributed by atoms with Gasteiger partial charge in [0.15, 0.2) is 18.1 Å². The van der Waals surface area contributed by atoms with Crippen molar-refractivity contribution in [2.75, 3.05) is 20.3 Å². The Morgan fingerprint density at radius 3 is 2.77 bits per heavy atom. The predicted octanol–water partition coefficient (Wildman–Crippen LogP) is 4.63. The second kappa shape index (κ2) is 12.4. The Hall–Kier alpha value is -3.28. The van der Waals surface area contributed by atoms with E-state index in [1.165, 1.54) is 18.4 Å². The van der Waals surface area contributed by atoms with Gasteiger partial charge in [-0.25, -0.2) is 0 Å². The average molecular weight is 423 g/mol. The monoisotopic (exact) mass is 422 g/mol. The number of oxime groups is 1. The van der Waals surface area contributed by atoms with Gasteiger partial charge in [-0.15, -0.1) is 0 Å². The van der Waals surface area contributed by atoms with Crippen LogP contribution in [0.2, 0.25) is 0 Å². The molecule has 0 aliphatic heterocycles. The highest BCUT2D eigenvalue weighted by Gasteiger charge is 2.07. The van der Waals surface area contributed by atoms with Crippen molar-refractivity contribution in [2.45, 2.75) is 38.7 Å². The van der Waals surface area contributed by atoms with Crippen molar-refractivity contribution in [3.05, 3.63) is 71.3 Å². The Morgan fingerprint density at radius 1 is 1.13 bits per heavy atom. The van der Waals surface area contributed by atoms with Crippen molar-refractivity contribution in [3.63, 3.8) is 0 Å². The van der Waals surface area contributed by atoms with Crippen LogP contribution in [-0.2, 0) is 16.2 Å². The number of nitrogens with zero attached hydrogens (tertiary/aromatic N) is 1. The van der Waals surface area contributed by atoms with Crippen molar-refractivity contribution < 1.29 is 19.1 Å². The van der Waals surface area contributed by atoms with Crippen molar-refractivity contribution in [2.24, 2.45) is 5.16 Å². The summed E-state index contributed by atoms with van der Waals surface area (Å²) in [6.45, 7) is 0.965. The predicted molar refractivity (Wildman–Crippen MR) is 121 cm³/mol. The number of carbonyl (C=O) groups is 1. The molecule has 1 aliphatic carbocycles. The van der Waals surface area contributed by atoms with Crippen molar-refractivity contribution >= 4 is 12.1 Å². The molecule has 2 aromatic rings. The van der Waals surface area contributed by atoms with Crippen LogP contribution in [0.25, 0.3) is 0 Å². The largest absolute Gasteiger partial charge is 0.493 e. The number of amides is 1. The molecule has 6 heteroatoms. The minimum absolute atomic E-state index is 0.108. The Labute approximate surface area is 183 Å². The number of hydrogen-bond donors (Lipinski definition) is 1. The Morgan fingerprint density at radius 2 is 2.00 bits per heavy atom. The normalized spacial score (nSPS) is 13.5. The summed E-state index contributed by atoms with van der Waals surface area (Å²) in [5.41, 5.74) is 3.29. The minimum Gasteiger partial charge on any atom is -0.493 e. The summed E-state index contributed by atoms with van der Waals surface area (Å²) in [5, 5.41) is 6.77. The van der Waals surface area contributed by atoms with Gasteiger partial charge in [-0.05, 0) is 55.9 Å². The minimum atomic E-state index is -0.171. The molecule has 0 aromatic heterocycles. The number of rotatable bonds is 11. The summed E-state index contributed by atoms with van der Waals surface area (Å²) in [5.74, 6) is 1.08. The van der Waals surface area contributed by atoms with E-state index in [1.807, 2.05) is 48.5 Å². The first kappa shape index (κ1) is 22.4. The lowest BCUT2D eigenvalue weighted by molar-refractivity contribution is -0.125. The lowest BCUT2D eigenvalue weighted by Crippen LogP contribution is -2.28. The summed E-state index contributed by atoms with van der Waals surface area (Å²) in [6.07, 6.45) is 9.59. The molecule has 0 unspecified atom stereocenters. The first-order valence-corrected chi connectivity index (χ1v) is 10.7. The first-order chi connectivity index (χ1) is 15.2. The highest BCUT2D eigenvalue weighted by atomic mass is 16.6. The number of hydrogen-bond acceptors (Lipinski definition) is 5. The number of allylic oxidation sites excluding steroid dienone is 1. The molecule has 0 spiro atoms. The van der Waals surface area contributed by atoms with Crippen LogP contribution in [0.4, 0.5) is 0 Å². The van der Waals surface area contributed by atoms with Crippen LogP contribution in [0.5, 0.6) is 11.5 Å².